The highest BCUT2D eigenvalue weighted by Crippen LogP contribution is 2.21. The molecule has 0 heterocycles. The Morgan fingerprint density at radius 3 is 2.71 bits per heavy atom. The predicted molar refractivity (Wildman–Crippen MR) is 92.3 cm³/mol. The summed E-state index contributed by atoms with van der Waals surface area (Å²) in [6.07, 6.45) is 0.0231. The molecule has 0 fully saturated rings. The van der Waals surface area contributed by atoms with Gasteiger partial charge in [0, 0.05) is 25.2 Å². The van der Waals surface area contributed by atoms with E-state index in [2.05, 4.69) is 0 Å². The van der Waals surface area contributed by atoms with Gasteiger partial charge in [-0.25, -0.2) is 0 Å². The van der Waals surface area contributed by atoms with E-state index in [1.807, 2.05) is 36.2 Å². The number of rotatable bonds is 8. The van der Waals surface area contributed by atoms with Crippen LogP contribution in [0.2, 0.25) is 0 Å². The van der Waals surface area contributed by atoms with Gasteiger partial charge in [-0.05, 0) is 30.7 Å². The zero-order valence-electron chi connectivity index (χ0n) is 13.9. The molecule has 1 atom stereocenters. The molecular formula is C18H22N2O4. The maximum Gasteiger partial charge on any atom is 0.269 e. The van der Waals surface area contributed by atoms with Crippen molar-refractivity contribution in [3.63, 3.8) is 0 Å². The maximum atomic E-state index is 10.8. The lowest BCUT2D eigenvalue weighted by atomic mass is 10.1. The Bertz CT molecular complexity index is 690. The van der Waals surface area contributed by atoms with Crippen molar-refractivity contribution in [2.45, 2.75) is 12.5 Å². The Hall–Kier alpha value is -2.44. The van der Waals surface area contributed by atoms with Gasteiger partial charge in [0.1, 0.15) is 5.75 Å². The van der Waals surface area contributed by atoms with Gasteiger partial charge in [-0.2, -0.15) is 0 Å². The van der Waals surface area contributed by atoms with Gasteiger partial charge in [0.2, 0.25) is 0 Å². The fourth-order valence-corrected chi connectivity index (χ4v) is 2.56. The second-order valence-corrected chi connectivity index (χ2v) is 5.69. The molecule has 0 saturated heterocycles. The summed E-state index contributed by atoms with van der Waals surface area (Å²) in [6, 6.07) is 14.0. The second-order valence-electron chi connectivity index (χ2n) is 5.69. The molecule has 0 saturated carbocycles. The third kappa shape index (κ3) is 4.78. The minimum atomic E-state index is -0.771. The predicted octanol–water partition coefficient (Wildman–Crippen LogP) is 2.81. The van der Waals surface area contributed by atoms with Crippen LogP contribution in [0.5, 0.6) is 5.75 Å². The summed E-state index contributed by atoms with van der Waals surface area (Å²) in [5.74, 6) is 0.852. The molecule has 0 bridgehead atoms. The van der Waals surface area contributed by atoms with Gasteiger partial charge < -0.3 is 14.7 Å². The number of benzene rings is 2. The summed E-state index contributed by atoms with van der Waals surface area (Å²) < 4.78 is 5.33. The van der Waals surface area contributed by atoms with E-state index < -0.39 is 11.0 Å². The van der Waals surface area contributed by atoms with Crippen molar-refractivity contribution < 1.29 is 14.8 Å². The molecular weight excluding hydrogens is 308 g/mol. The van der Waals surface area contributed by atoms with Gasteiger partial charge in [0.05, 0.1) is 18.1 Å². The lowest BCUT2D eigenvalue weighted by molar-refractivity contribution is -0.385. The molecule has 24 heavy (non-hydrogen) atoms. The quantitative estimate of drug-likeness (QED) is 0.595. The molecule has 2 aromatic rings. The number of non-ortho nitro benzene ring substituents is 1. The van der Waals surface area contributed by atoms with Crippen LogP contribution in [-0.2, 0) is 6.42 Å². The number of aliphatic hydroxyl groups is 1. The molecule has 2 rings (SSSR count). The Morgan fingerprint density at radius 2 is 2.00 bits per heavy atom. The first-order valence-corrected chi connectivity index (χ1v) is 7.74. The van der Waals surface area contributed by atoms with Crippen molar-refractivity contribution in [2.24, 2.45) is 0 Å². The van der Waals surface area contributed by atoms with E-state index in [1.54, 1.807) is 19.2 Å². The van der Waals surface area contributed by atoms with Gasteiger partial charge >= 0.3 is 0 Å². The summed E-state index contributed by atoms with van der Waals surface area (Å²) in [7, 11) is 3.56. The molecule has 2 aromatic carbocycles. The number of likely N-dealkylation sites (N-methyl/N-ethyl adjacent to an activating group) is 1. The van der Waals surface area contributed by atoms with Gasteiger partial charge in [-0.1, -0.05) is 30.3 Å². The van der Waals surface area contributed by atoms with Crippen molar-refractivity contribution in [2.75, 3.05) is 27.2 Å². The summed E-state index contributed by atoms with van der Waals surface area (Å²) in [5, 5.41) is 21.1. The minimum absolute atomic E-state index is 0.0109. The van der Waals surface area contributed by atoms with Crippen LogP contribution < -0.4 is 4.74 Å². The Morgan fingerprint density at radius 1 is 1.25 bits per heavy atom. The Labute approximate surface area is 141 Å². The van der Waals surface area contributed by atoms with Crippen LogP contribution >= 0.6 is 0 Å². The lowest BCUT2D eigenvalue weighted by Crippen LogP contribution is -2.27. The van der Waals surface area contributed by atoms with E-state index >= 15 is 0 Å². The zero-order chi connectivity index (χ0) is 17.5. The van der Waals surface area contributed by atoms with E-state index in [4.69, 9.17) is 4.74 Å². The van der Waals surface area contributed by atoms with E-state index in [0.29, 0.717) is 12.1 Å². The number of nitrogens with zero attached hydrogens (tertiary/aromatic N) is 2. The SMILES string of the molecule is COc1ccccc1CCN(C)CC(O)c1cccc([N+](=O)[O-])c1. The number of hydrogen-bond donors (Lipinski definition) is 1. The third-order valence-electron chi connectivity index (χ3n) is 3.91. The van der Waals surface area contributed by atoms with Crippen molar-refractivity contribution in [3.05, 3.63) is 69.8 Å². The van der Waals surface area contributed by atoms with Crippen LogP contribution in [0.1, 0.15) is 17.2 Å². The van der Waals surface area contributed by atoms with Crippen LogP contribution in [0.25, 0.3) is 0 Å². The zero-order valence-corrected chi connectivity index (χ0v) is 13.9. The number of ether oxygens (including phenoxy) is 1. The molecule has 0 radical (unpaired) electrons. The maximum absolute atomic E-state index is 10.8. The topological polar surface area (TPSA) is 75.8 Å². The molecule has 0 aliphatic heterocycles. The average Bonchev–Trinajstić information content (AvgIpc) is 2.60. The number of methoxy groups -OCH3 is 1. The van der Waals surface area contributed by atoms with Gasteiger partial charge in [-0.15, -0.1) is 0 Å². The summed E-state index contributed by atoms with van der Waals surface area (Å²) >= 11 is 0. The third-order valence-corrected chi connectivity index (χ3v) is 3.91. The number of nitro groups is 1. The monoisotopic (exact) mass is 330 g/mol. The molecule has 0 spiro atoms. The molecule has 0 amide bonds. The van der Waals surface area contributed by atoms with Gasteiger partial charge in [0.25, 0.3) is 5.69 Å². The lowest BCUT2D eigenvalue weighted by Gasteiger charge is -2.21. The van der Waals surface area contributed by atoms with Crippen LogP contribution in [0.3, 0.4) is 0 Å². The highest BCUT2D eigenvalue weighted by Gasteiger charge is 2.14. The van der Waals surface area contributed by atoms with E-state index in [0.717, 1.165) is 24.3 Å². The first-order valence-electron chi connectivity index (χ1n) is 7.74. The molecule has 1 N–H and O–H groups in total. The molecule has 0 aliphatic carbocycles. The number of aliphatic hydroxyl groups excluding tert-OH is 1. The fourth-order valence-electron chi connectivity index (χ4n) is 2.56. The molecule has 1 unspecified atom stereocenters. The van der Waals surface area contributed by atoms with Gasteiger partial charge in [-0.3, -0.25) is 10.1 Å². The first-order chi connectivity index (χ1) is 11.5. The molecule has 0 aliphatic rings. The largest absolute Gasteiger partial charge is 0.496 e. The van der Waals surface area contributed by atoms with Crippen molar-refractivity contribution in [3.8, 4) is 5.75 Å². The normalized spacial score (nSPS) is 12.2. The standard InChI is InChI=1S/C18H22N2O4/c1-19(11-10-14-6-3-4-9-18(14)24-2)13-17(21)15-7-5-8-16(12-15)20(22)23/h3-9,12,17,21H,10-11,13H2,1-2H3. The minimum Gasteiger partial charge on any atom is -0.496 e. The first kappa shape index (κ1) is 17.9. The van der Waals surface area contributed by atoms with E-state index in [-0.39, 0.29) is 5.69 Å². The van der Waals surface area contributed by atoms with Crippen LogP contribution in [0.15, 0.2) is 48.5 Å². The van der Waals surface area contributed by atoms with Crippen LogP contribution in [-0.4, -0.2) is 42.2 Å². The van der Waals surface area contributed by atoms with E-state index in [9.17, 15) is 15.2 Å². The van der Waals surface area contributed by atoms with Crippen LogP contribution in [0, 0.1) is 10.1 Å². The summed E-state index contributed by atoms with van der Waals surface area (Å²) in [4.78, 5) is 12.4. The number of hydrogen-bond acceptors (Lipinski definition) is 5. The fraction of sp³-hybridized carbons (Fsp3) is 0.333. The molecule has 6 nitrogen and oxygen atoms in total. The molecule has 128 valence electrons. The second kappa shape index (κ2) is 8.42. The van der Waals surface area contributed by atoms with Crippen molar-refractivity contribution in [1.82, 2.24) is 4.90 Å². The average molecular weight is 330 g/mol. The number of para-hydroxylation sites is 1. The highest BCUT2D eigenvalue weighted by molar-refractivity contribution is 5.35. The van der Waals surface area contributed by atoms with E-state index in [1.165, 1.54) is 12.1 Å². The molecule has 0 aromatic heterocycles. The number of nitro benzene ring substituents is 1. The Balaban J connectivity index is 1.93. The highest BCUT2D eigenvalue weighted by atomic mass is 16.6. The smallest absolute Gasteiger partial charge is 0.269 e. The van der Waals surface area contributed by atoms with Crippen LogP contribution in [0.4, 0.5) is 5.69 Å². The van der Waals surface area contributed by atoms with Gasteiger partial charge in [0.15, 0.2) is 0 Å². The van der Waals surface area contributed by atoms with Crippen molar-refractivity contribution >= 4 is 5.69 Å². The molecule has 6 heteroatoms. The van der Waals surface area contributed by atoms with Crippen molar-refractivity contribution in [1.29, 1.82) is 0 Å². The summed E-state index contributed by atoms with van der Waals surface area (Å²) in [6.45, 7) is 1.14. The Kier molecular flexibility index (Phi) is 6.28. The summed E-state index contributed by atoms with van der Waals surface area (Å²) in [5.41, 5.74) is 1.65.